The molecular formula is C15H14NO3. The summed E-state index contributed by atoms with van der Waals surface area (Å²) in [5, 5.41) is 13.4. The first kappa shape index (κ1) is 11.9. The van der Waals surface area contributed by atoms with E-state index >= 15 is 0 Å². The van der Waals surface area contributed by atoms with Gasteiger partial charge in [0.25, 0.3) is 0 Å². The van der Waals surface area contributed by atoms with E-state index in [1.54, 1.807) is 13.2 Å². The maximum absolute atomic E-state index is 12.4. The van der Waals surface area contributed by atoms with Gasteiger partial charge in [-0.25, -0.2) is 5.06 Å². The van der Waals surface area contributed by atoms with Crippen LogP contribution >= 0.6 is 0 Å². The van der Waals surface area contributed by atoms with Crippen LogP contribution in [-0.4, -0.2) is 13.7 Å². The number of nitrogens with zero attached hydrogens (tertiary/aromatic N) is 1. The number of hydrogen-bond donors (Lipinski definition) is 0. The number of benzene rings is 2. The Morgan fingerprint density at radius 2 is 1.89 bits per heavy atom. The highest BCUT2D eigenvalue weighted by Gasteiger charge is 2.28. The molecule has 1 aliphatic rings. The van der Waals surface area contributed by atoms with Crippen molar-refractivity contribution in [1.82, 2.24) is 0 Å². The van der Waals surface area contributed by atoms with E-state index < -0.39 is 0 Å². The van der Waals surface area contributed by atoms with E-state index in [9.17, 15) is 5.21 Å². The van der Waals surface area contributed by atoms with Gasteiger partial charge in [-0.05, 0) is 29.8 Å². The average Bonchev–Trinajstić information content (AvgIpc) is 2.48. The minimum Gasteiger partial charge on any atom is -0.497 e. The van der Waals surface area contributed by atoms with Crippen molar-refractivity contribution in [2.45, 2.75) is 6.04 Å². The monoisotopic (exact) mass is 256 g/mol. The van der Waals surface area contributed by atoms with Crippen LogP contribution in [0.25, 0.3) is 0 Å². The molecule has 0 N–H and O–H groups in total. The standard InChI is InChI=1S/C15H14NO3/c1-18-12-8-6-11(7-9-12)14-10-19-15-5-3-2-4-13(15)16(14)17/h2-9,14H,10H2,1H3. The second kappa shape index (κ2) is 4.82. The van der Waals surface area contributed by atoms with Gasteiger partial charge in [0.05, 0.1) is 7.11 Å². The lowest BCUT2D eigenvalue weighted by atomic mass is 10.1. The lowest BCUT2D eigenvalue weighted by molar-refractivity contribution is 0.0886. The number of hydroxylamine groups is 1. The zero-order valence-corrected chi connectivity index (χ0v) is 10.6. The Morgan fingerprint density at radius 1 is 1.16 bits per heavy atom. The van der Waals surface area contributed by atoms with Crippen LogP contribution in [0, 0.1) is 0 Å². The normalized spacial score (nSPS) is 17.6. The number of para-hydroxylation sites is 2. The largest absolute Gasteiger partial charge is 0.497 e. The third-order valence-electron chi connectivity index (χ3n) is 3.28. The van der Waals surface area contributed by atoms with Gasteiger partial charge in [-0.3, -0.25) is 0 Å². The fourth-order valence-electron chi connectivity index (χ4n) is 2.22. The highest BCUT2D eigenvalue weighted by Crippen LogP contribution is 2.38. The molecule has 0 fully saturated rings. The van der Waals surface area contributed by atoms with Crippen molar-refractivity contribution < 1.29 is 14.7 Å². The molecule has 97 valence electrons. The lowest BCUT2D eigenvalue weighted by Gasteiger charge is -2.32. The smallest absolute Gasteiger partial charge is 0.145 e. The third-order valence-corrected chi connectivity index (χ3v) is 3.28. The fraction of sp³-hybridized carbons (Fsp3) is 0.200. The number of methoxy groups -OCH3 is 1. The van der Waals surface area contributed by atoms with Crippen LogP contribution in [0.5, 0.6) is 11.5 Å². The number of ether oxygens (including phenoxy) is 2. The molecule has 0 aromatic heterocycles. The molecule has 1 radical (unpaired) electrons. The summed E-state index contributed by atoms with van der Waals surface area (Å²) in [5.74, 6) is 1.42. The maximum Gasteiger partial charge on any atom is 0.145 e. The third kappa shape index (κ3) is 2.11. The molecule has 0 bridgehead atoms. The van der Waals surface area contributed by atoms with Crippen LogP contribution in [0.3, 0.4) is 0 Å². The van der Waals surface area contributed by atoms with Crippen LogP contribution in [0.1, 0.15) is 11.6 Å². The minimum atomic E-state index is -0.319. The van der Waals surface area contributed by atoms with Crippen molar-refractivity contribution in [3.8, 4) is 11.5 Å². The van der Waals surface area contributed by atoms with Crippen LogP contribution in [0.4, 0.5) is 5.69 Å². The maximum atomic E-state index is 12.4. The molecule has 1 unspecified atom stereocenters. The number of anilines is 1. The SMILES string of the molecule is COc1ccc(C2COc3ccccc3N2[O])cc1. The molecule has 1 heterocycles. The van der Waals surface area contributed by atoms with E-state index in [4.69, 9.17) is 9.47 Å². The van der Waals surface area contributed by atoms with Gasteiger partial charge in [0.1, 0.15) is 29.8 Å². The van der Waals surface area contributed by atoms with E-state index in [-0.39, 0.29) is 6.04 Å². The second-order valence-electron chi connectivity index (χ2n) is 4.39. The van der Waals surface area contributed by atoms with E-state index in [2.05, 4.69) is 0 Å². The van der Waals surface area contributed by atoms with Gasteiger partial charge in [-0.15, -0.1) is 0 Å². The fourth-order valence-corrected chi connectivity index (χ4v) is 2.22. The van der Waals surface area contributed by atoms with Gasteiger partial charge in [0.15, 0.2) is 0 Å². The molecule has 3 rings (SSSR count). The molecule has 19 heavy (non-hydrogen) atoms. The van der Waals surface area contributed by atoms with Crippen LogP contribution < -0.4 is 14.5 Å². The van der Waals surface area contributed by atoms with Gasteiger partial charge in [-0.2, -0.15) is 0 Å². The van der Waals surface area contributed by atoms with Crippen molar-refractivity contribution >= 4 is 5.69 Å². The second-order valence-corrected chi connectivity index (χ2v) is 4.39. The number of hydrogen-bond acceptors (Lipinski definition) is 3. The zero-order chi connectivity index (χ0) is 13.2. The first-order chi connectivity index (χ1) is 9.29. The van der Waals surface area contributed by atoms with E-state index in [1.165, 1.54) is 0 Å². The molecular weight excluding hydrogens is 242 g/mol. The average molecular weight is 256 g/mol. The van der Waals surface area contributed by atoms with Gasteiger partial charge in [-0.1, -0.05) is 29.5 Å². The van der Waals surface area contributed by atoms with Crippen molar-refractivity contribution in [2.75, 3.05) is 18.8 Å². The summed E-state index contributed by atoms with van der Waals surface area (Å²) in [6.45, 7) is 0.354. The Morgan fingerprint density at radius 3 is 2.63 bits per heavy atom. The summed E-state index contributed by atoms with van der Waals surface area (Å²) in [6, 6.07) is 14.5. The van der Waals surface area contributed by atoms with Crippen LogP contribution in [0.15, 0.2) is 48.5 Å². The molecule has 0 saturated heterocycles. The van der Waals surface area contributed by atoms with E-state index in [0.29, 0.717) is 18.0 Å². The Balaban J connectivity index is 1.90. The van der Waals surface area contributed by atoms with Crippen molar-refractivity contribution in [3.63, 3.8) is 0 Å². The molecule has 0 spiro atoms. The Labute approximate surface area is 111 Å². The van der Waals surface area contributed by atoms with E-state index in [1.807, 2.05) is 42.5 Å². The predicted molar refractivity (Wildman–Crippen MR) is 70.8 cm³/mol. The number of fused-ring (bicyclic) bond motifs is 1. The Kier molecular flexibility index (Phi) is 3.01. The Bertz CT molecular complexity index is 568. The highest BCUT2D eigenvalue weighted by molar-refractivity contribution is 5.59. The molecule has 1 atom stereocenters. The summed E-state index contributed by atoms with van der Waals surface area (Å²) in [6.07, 6.45) is 0. The molecule has 2 aromatic rings. The lowest BCUT2D eigenvalue weighted by Crippen LogP contribution is -2.32. The summed E-state index contributed by atoms with van der Waals surface area (Å²) >= 11 is 0. The summed E-state index contributed by atoms with van der Waals surface area (Å²) in [5.41, 5.74) is 1.50. The van der Waals surface area contributed by atoms with Crippen molar-refractivity contribution in [2.24, 2.45) is 0 Å². The molecule has 4 heteroatoms. The summed E-state index contributed by atoms with van der Waals surface area (Å²) in [4.78, 5) is 0. The molecule has 4 nitrogen and oxygen atoms in total. The summed E-state index contributed by atoms with van der Waals surface area (Å²) in [7, 11) is 1.62. The first-order valence-electron chi connectivity index (χ1n) is 6.12. The summed E-state index contributed by atoms with van der Waals surface area (Å²) < 4.78 is 10.8. The molecule has 0 saturated carbocycles. The highest BCUT2D eigenvalue weighted by atomic mass is 16.5. The van der Waals surface area contributed by atoms with Crippen LogP contribution in [0.2, 0.25) is 0 Å². The number of rotatable bonds is 2. The molecule has 0 amide bonds. The van der Waals surface area contributed by atoms with Crippen molar-refractivity contribution in [3.05, 3.63) is 54.1 Å². The molecule has 0 aliphatic carbocycles. The quantitative estimate of drug-likeness (QED) is 0.829. The topological polar surface area (TPSA) is 41.6 Å². The van der Waals surface area contributed by atoms with Crippen LogP contribution in [-0.2, 0) is 5.21 Å². The van der Waals surface area contributed by atoms with Gasteiger partial charge in [0, 0.05) is 0 Å². The predicted octanol–water partition coefficient (Wildman–Crippen LogP) is 2.98. The Hall–Kier alpha value is -2.20. The molecule has 2 aromatic carbocycles. The van der Waals surface area contributed by atoms with Gasteiger partial charge in [0.2, 0.25) is 0 Å². The zero-order valence-electron chi connectivity index (χ0n) is 10.6. The first-order valence-corrected chi connectivity index (χ1v) is 6.12. The van der Waals surface area contributed by atoms with E-state index in [0.717, 1.165) is 16.4 Å². The van der Waals surface area contributed by atoms with Crippen molar-refractivity contribution in [1.29, 1.82) is 0 Å². The van der Waals surface area contributed by atoms with Gasteiger partial charge >= 0.3 is 0 Å². The van der Waals surface area contributed by atoms with Gasteiger partial charge < -0.3 is 9.47 Å². The molecule has 1 aliphatic heterocycles. The minimum absolute atomic E-state index is 0.319.